The number of carbonyl (C=O) groups is 1. The van der Waals surface area contributed by atoms with Gasteiger partial charge in [-0.3, -0.25) is 4.90 Å². The van der Waals surface area contributed by atoms with Gasteiger partial charge < -0.3 is 9.84 Å². The fourth-order valence-corrected chi connectivity index (χ4v) is 2.45. The molecule has 1 aliphatic rings. The number of halogens is 2. The van der Waals surface area contributed by atoms with Gasteiger partial charge in [0.1, 0.15) is 6.61 Å². The molecule has 1 saturated heterocycles. The molecule has 6 heteroatoms. The maximum Gasteiger partial charge on any atom is 0.329 e. The Labute approximate surface area is 122 Å². The van der Waals surface area contributed by atoms with Crippen molar-refractivity contribution in [3.63, 3.8) is 0 Å². The Morgan fingerprint density at radius 2 is 1.90 bits per heavy atom. The van der Waals surface area contributed by atoms with Crippen LogP contribution in [0.25, 0.3) is 0 Å². The Morgan fingerprint density at radius 1 is 1.29 bits per heavy atom. The summed E-state index contributed by atoms with van der Waals surface area (Å²) in [5.74, 6) is -0.948. The highest BCUT2D eigenvalue weighted by atomic mass is 19.3. The molecule has 2 rings (SSSR count). The first-order valence-corrected chi connectivity index (χ1v) is 6.97. The van der Waals surface area contributed by atoms with Crippen LogP contribution in [0.1, 0.15) is 30.4 Å². The Hall–Kier alpha value is -1.53. The number of aliphatic carboxylic acids is 1. The molecule has 1 fully saturated rings. The predicted molar refractivity (Wildman–Crippen MR) is 73.3 cm³/mol. The van der Waals surface area contributed by atoms with Gasteiger partial charge in [-0.25, -0.2) is 13.6 Å². The third-order valence-electron chi connectivity index (χ3n) is 3.61. The van der Waals surface area contributed by atoms with Gasteiger partial charge in [0.2, 0.25) is 0 Å². The van der Waals surface area contributed by atoms with Crippen molar-refractivity contribution in [3.05, 3.63) is 35.4 Å². The minimum absolute atomic E-state index is 0.00133. The molecular weight excluding hydrogens is 280 g/mol. The largest absolute Gasteiger partial charge is 0.480 e. The summed E-state index contributed by atoms with van der Waals surface area (Å²) in [6.07, 6.45) is -0.843. The fourth-order valence-electron chi connectivity index (χ4n) is 2.45. The van der Waals surface area contributed by atoms with Crippen LogP contribution >= 0.6 is 0 Å². The minimum Gasteiger partial charge on any atom is -0.480 e. The number of carboxylic acid groups (broad SMARTS) is 1. The normalized spacial score (nSPS) is 17.3. The zero-order chi connectivity index (χ0) is 15.2. The van der Waals surface area contributed by atoms with Gasteiger partial charge in [-0.2, -0.15) is 0 Å². The lowest BCUT2D eigenvalue weighted by molar-refractivity contribution is -0.145. The van der Waals surface area contributed by atoms with Gasteiger partial charge in [-0.15, -0.1) is 0 Å². The number of rotatable bonds is 6. The number of likely N-dealkylation sites (tertiary alicyclic amines) is 1. The Morgan fingerprint density at radius 3 is 2.43 bits per heavy atom. The lowest BCUT2D eigenvalue weighted by atomic mass is 10.1. The first kappa shape index (κ1) is 15.9. The van der Waals surface area contributed by atoms with Crippen molar-refractivity contribution in [1.29, 1.82) is 0 Å². The van der Waals surface area contributed by atoms with Crippen LogP contribution in [0.5, 0.6) is 0 Å². The van der Waals surface area contributed by atoms with Crippen molar-refractivity contribution in [3.8, 4) is 0 Å². The van der Waals surface area contributed by atoms with E-state index in [-0.39, 0.29) is 18.3 Å². The number of piperidine rings is 1. The summed E-state index contributed by atoms with van der Waals surface area (Å²) >= 11 is 0. The van der Waals surface area contributed by atoms with Gasteiger partial charge in [-0.05, 0) is 18.4 Å². The molecule has 0 aliphatic carbocycles. The van der Waals surface area contributed by atoms with E-state index in [1.807, 2.05) is 0 Å². The van der Waals surface area contributed by atoms with E-state index in [0.29, 0.717) is 0 Å². The quantitative estimate of drug-likeness (QED) is 0.877. The number of nitrogens with zero attached hydrogens (tertiary/aromatic N) is 1. The molecule has 1 aliphatic heterocycles. The summed E-state index contributed by atoms with van der Waals surface area (Å²) in [4.78, 5) is 12.7. The van der Waals surface area contributed by atoms with Crippen molar-refractivity contribution >= 4 is 5.97 Å². The molecule has 0 atom stereocenters. The average molecular weight is 299 g/mol. The molecule has 0 spiro atoms. The molecule has 0 radical (unpaired) electrons. The molecule has 116 valence electrons. The topological polar surface area (TPSA) is 49.8 Å². The van der Waals surface area contributed by atoms with Crippen LogP contribution < -0.4 is 0 Å². The number of benzene rings is 1. The van der Waals surface area contributed by atoms with Crippen LogP contribution in [0.15, 0.2) is 24.3 Å². The lowest BCUT2D eigenvalue weighted by Crippen LogP contribution is -2.37. The van der Waals surface area contributed by atoms with Crippen LogP contribution in [-0.2, 0) is 16.1 Å². The van der Waals surface area contributed by atoms with E-state index in [9.17, 15) is 13.6 Å². The van der Waals surface area contributed by atoms with Crippen molar-refractivity contribution < 1.29 is 23.4 Å². The molecular formula is C15H19F2NO3. The summed E-state index contributed by atoms with van der Waals surface area (Å²) in [5, 5.41) is 8.56. The first-order valence-electron chi connectivity index (χ1n) is 6.97. The lowest BCUT2D eigenvalue weighted by Gasteiger charge is -2.31. The van der Waals surface area contributed by atoms with E-state index < -0.39 is 12.4 Å². The highest BCUT2D eigenvalue weighted by Gasteiger charge is 2.20. The van der Waals surface area contributed by atoms with E-state index in [1.165, 1.54) is 12.1 Å². The third-order valence-corrected chi connectivity index (χ3v) is 3.61. The predicted octanol–water partition coefficient (Wildman–Crippen LogP) is 2.69. The zero-order valence-electron chi connectivity index (χ0n) is 11.7. The van der Waals surface area contributed by atoms with E-state index in [0.717, 1.165) is 38.0 Å². The summed E-state index contributed by atoms with van der Waals surface area (Å²) in [6.45, 7) is 2.11. The van der Waals surface area contributed by atoms with Crippen molar-refractivity contribution in [1.82, 2.24) is 4.90 Å². The van der Waals surface area contributed by atoms with Crippen LogP contribution in [-0.4, -0.2) is 41.8 Å². The summed E-state index contributed by atoms with van der Waals surface area (Å²) in [6, 6.07) is 6.38. The van der Waals surface area contributed by atoms with Crippen LogP contribution in [0, 0.1) is 0 Å². The second-order valence-electron chi connectivity index (χ2n) is 5.22. The number of hydrogen-bond acceptors (Lipinski definition) is 3. The molecule has 0 bridgehead atoms. The maximum absolute atomic E-state index is 12.5. The van der Waals surface area contributed by atoms with E-state index in [4.69, 9.17) is 9.84 Å². The van der Waals surface area contributed by atoms with Gasteiger partial charge in [0.05, 0.1) is 6.10 Å². The van der Waals surface area contributed by atoms with Gasteiger partial charge >= 0.3 is 5.97 Å². The van der Waals surface area contributed by atoms with Crippen molar-refractivity contribution in [2.45, 2.75) is 31.9 Å². The molecule has 1 N–H and O–H groups in total. The second-order valence-corrected chi connectivity index (χ2v) is 5.22. The van der Waals surface area contributed by atoms with E-state index >= 15 is 0 Å². The minimum atomic E-state index is -2.43. The fraction of sp³-hybridized carbons (Fsp3) is 0.533. The van der Waals surface area contributed by atoms with Crippen molar-refractivity contribution in [2.24, 2.45) is 0 Å². The van der Waals surface area contributed by atoms with Crippen LogP contribution in [0.3, 0.4) is 0 Å². The Kier molecular flexibility index (Phi) is 5.64. The van der Waals surface area contributed by atoms with E-state index in [2.05, 4.69) is 4.90 Å². The first-order chi connectivity index (χ1) is 10.0. The van der Waals surface area contributed by atoms with Crippen molar-refractivity contribution in [2.75, 3.05) is 19.7 Å². The number of carboxylic acids is 1. The zero-order valence-corrected chi connectivity index (χ0v) is 11.7. The summed E-state index contributed by atoms with van der Waals surface area (Å²) in [7, 11) is 0. The molecule has 21 heavy (non-hydrogen) atoms. The average Bonchev–Trinajstić information content (AvgIpc) is 2.47. The highest BCUT2D eigenvalue weighted by Crippen LogP contribution is 2.20. The molecule has 0 unspecified atom stereocenters. The SMILES string of the molecule is O=C(O)COC1CCN(Cc2ccc(C(F)F)cc2)CC1. The third kappa shape index (κ3) is 5.06. The second kappa shape index (κ2) is 7.47. The molecule has 0 amide bonds. The number of alkyl halides is 2. The van der Waals surface area contributed by atoms with Gasteiger partial charge in [-0.1, -0.05) is 24.3 Å². The standard InChI is InChI=1S/C15H19F2NO3/c16-15(17)12-3-1-11(2-4-12)9-18-7-5-13(6-8-18)21-10-14(19)20/h1-4,13,15H,5-10H2,(H,19,20). The van der Waals surface area contributed by atoms with Gasteiger partial charge in [0, 0.05) is 25.2 Å². The van der Waals surface area contributed by atoms with Crippen LogP contribution in [0.2, 0.25) is 0 Å². The molecule has 0 aromatic heterocycles. The molecule has 0 saturated carbocycles. The molecule has 1 aromatic carbocycles. The Bertz CT molecular complexity index is 456. The number of hydrogen-bond donors (Lipinski definition) is 1. The Balaban J connectivity index is 1.76. The monoisotopic (exact) mass is 299 g/mol. The van der Waals surface area contributed by atoms with Crippen LogP contribution in [0.4, 0.5) is 8.78 Å². The summed E-state index contributed by atoms with van der Waals surface area (Å²) < 4.78 is 30.2. The molecule has 1 aromatic rings. The van der Waals surface area contributed by atoms with Gasteiger partial charge in [0.15, 0.2) is 0 Å². The van der Waals surface area contributed by atoms with E-state index in [1.54, 1.807) is 12.1 Å². The molecule has 4 nitrogen and oxygen atoms in total. The maximum atomic E-state index is 12.5. The smallest absolute Gasteiger partial charge is 0.329 e. The van der Waals surface area contributed by atoms with Gasteiger partial charge in [0.25, 0.3) is 6.43 Å². The summed E-state index contributed by atoms with van der Waals surface area (Å²) in [5.41, 5.74) is 1.05. The number of ether oxygens (including phenoxy) is 1. The molecule has 1 heterocycles. The highest BCUT2D eigenvalue weighted by molar-refractivity contribution is 5.68.